The van der Waals surface area contributed by atoms with Crippen LogP contribution in [-0.4, -0.2) is 24.4 Å². The van der Waals surface area contributed by atoms with Crippen LogP contribution >= 0.6 is 0 Å². The van der Waals surface area contributed by atoms with Gasteiger partial charge in [-0.3, -0.25) is 0 Å². The maximum absolute atomic E-state index is 12.4. The molecular formula is C12H14N2O4S. The van der Waals surface area contributed by atoms with E-state index >= 15 is 0 Å². The monoisotopic (exact) mass is 282 g/mol. The van der Waals surface area contributed by atoms with Gasteiger partial charge >= 0.3 is 0 Å². The van der Waals surface area contributed by atoms with Crippen molar-refractivity contribution in [2.24, 2.45) is 0 Å². The van der Waals surface area contributed by atoms with Crippen LogP contribution in [0.4, 0.5) is 0 Å². The molecule has 1 aliphatic rings. The Bertz CT molecular complexity index is 619. The number of furan rings is 1. The molecule has 7 heteroatoms. The molecule has 0 saturated carbocycles. The summed E-state index contributed by atoms with van der Waals surface area (Å²) in [7, 11) is -3.41. The Morgan fingerprint density at radius 2 is 2.26 bits per heavy atom. The van der Waals surface area contributed by atoms with Crippen LogP contribution in [0.3, 0.4) is 0 Å². The van der Waals surface area contributed by atoms with Crippen LogP contribution < -0.4 is 0 Å². The first kappa shape index (κ1) is 12.4. The Balaban J connectivity index is 1.84. The van der Waals surface area contributed by atoms with Gasteiger partial charge in [0.2, 0.25) is 10.0 Å². The minimum atomic E-state index is -3.41. The molecular weight excluding hydrogens is 268 g/mol. The van der Waals surface area contributed by atoms with Crippen molar-refractivity contribution in [3.8, 4) is 0 Å². The van der Waals surface area contributed by atoms with Gasteiger partial charge in [-0.15, -0.1) is 0 Å². The molecule has 6 nitrogen and oxygen atoms in total. The molecule has 2 aromatic rings. The van der Waals surface area contributed by atoms with Crippen LogP contribution in [0, 0.1) is 0 Å². The highest BCUT2D eigenvalue weighted by atomic mass is 32.2. The normalized spacial score (nSPS) is 20.9. The zero-order valence-corrected chi connectivity index (χ0v) is 11.0. The first-order valence-corrected chi connectivity index (χ1v) is 7.70. The smallest absolute Gasteiger partial charge is 0.220 e. The number of hydrogen-bond donors (Lipinski definition) is 0. The van der Waals surface area contributed by atoms with E-state index < -0.39 is 10.0 Å². The lowest BCUT2D eigenvalue weighted by Crippen LogP contribution is -2.31. The highest BCUT2D eigenvalue weighted by Crippen LogP contribution is 2.35. The van der Waals surface area contributed by atoms with Crippen LogP contribution in [0.25, 0.3) is 0 Å². The molecule has 19 heavy (non-hydrogen) atoms. The molecule has 0 spiro atoms. The molecule has 1 fully saturated rings. The molecule has 0 aliphatic carbocycles. The Morgan fingerprint density at radius 1 is 1.37 bits per heavy atom. The summed E-state index contributed by atoms with van der Waals surface area (Å²) in [5, 5.41) is 3.66. The zero-order valence-electron chi connectivity index (χ0n) is 10.2. The van der Waals surface area contributed by atoms with Crippen molar-refractivity contribution in [3.63, 3.8) is 0 Å². The zero-order chi connectivity index (χ0) is 13.3. The molecule has 1 unspecified atom stereocenters. The Kier molecular flexibility index (Phi) is 3.16. The summed E-state index contributed by atoms with van der Waals surface area (Å²) in [6.45, 7) is 0.519. The fourth-order valence-electron chi connectivity index (χ4n) is 2.42. The van der Waals surface area contributed by atoms with Gasteiger partial charge in [-0.05, 0) is 25.0 Å². The SMILES string of the molecule is O=S(=O)(Cc1ccon1)N1CCCC1c1ccco1. The predicted molar refractivity (Wildman–Crippen MR) is 66.5 cm³/mol. The second-order valence-corrected chi connectivity index (χ2v) is 6.45. The summed E-state index contributed by atoms with van der Waals surface area (Å²) in [5.41, 5.74) is 0.421. The van der Waals surface area contributed by atoms with Gasteiger partial charge in [0, 0.05) is 12.6 Å². The second kappa shape index (κ2) is 4.82. The Hall–Kier alpha value is -1.60. The van der Waals surface area contributed by atoms with Gasteiger partial charge in [0.1, 0.15) is 17.8 Å². The molecule has 1 saturated heterocycles. The third-order valence-electron chi connectivity index (χ3n) is 3.25. The van der Waals surface area contributed by atoms with E-state index in [1.807, 2.05) is 6.07 Å². The lowest BCUT2D eigenvalue weighted by molar-refractivity contribution is 0.338. The van der Waals surface area contributed by atoms with Crippen molar-refractivity contribution in [2.75, 3.05) is 6.54 Å². The number of aromatic nitrogens is 1. The summed E-state index contributed by atoms with van der Waals surface area (Å²) < 4.78 is 36.3. The minimum Gasteiger partial charge on any atom is -0.468 e. The van der Waals surface area contributed by atoms with Crippen LogP contribution in [0.15, 0.2) is 39.7 Å². The third-order valence-corrected chi connectivity index (χ3v) is 5.07. The van der Waals surface area contributed by atoms with Crippen molar-refractivity contribution < 1.29 is 17.4 Å². The average molecular weight is 282 g/mol. The topological polar surface area (TPSA) is 76.6 Å². The Labute approximate surface area is 111 Å². The standard InChI is InChI=1S/C12H14N2O4S/c15-19(16,9-10-5-8-18-13-10)14-6-1-3-11(14)12-4-2-7-17-12/h2,4-5,7-8,11H,1,3,6,9H2. The predicted octanol–water partition coefficient (Wildman–Crippen LogP) is 1.93. The largest absolute Gasteiger partial charge is 0.468 e. The number of nitrogens with zero attached hydrogens (tertiary/aromatic N) is 2. The number of rotatable bonds is 4. The molecule has 0 radical (unpaired) electrons. The van der Waals surface area contributed by atoms with Crippen molar-refractivity contribution in [2.45, 2.75) is 24.6 Å². The molecule has 3 heterocycles. The molecule has 3 rings (SSSR count). The van der Waals surface area contributed by atoms with Gasteiger partial charge in [-0.2, -0.15) is 4.31 Å². The quantitative estimate of drug-likeness (QED) is 0.856. The summed E-state index contributed by atoms with van der Waals surface area (Å²) in [6, 6.07) is 4.95. The minimum absolute atomic E-state index is 0.138. The molecule has 0 N–H and O–H groups in total. The lowest BCUT2D eigenvalue weighted by Gasteiger charge is -2.21. The van der Waals surface area contributed by atoms with Gasteiger partial charge in [0.25, 0.3) is 0 Å². The number of sulfonamides is 1. The van der Waals surface area contributed by atoms with Crippen molar-refractivity contribution in [3.05, 3.63) is 42.2 Å². The molecule has 0 amide bonds. The molecule has 1 aliphatic heterocycles. The molecule has 0 aromatic carbocycles. The van der Waals surface area contributed by atoms with Crippen molar-refractivity contribution >= 4 is 10.0 Å². The fourth-order valence-corrected chi connectivity index (χ4v) is 4.11. The summed E-state index contributed by atoms with van der Waals surface area (Å²) in [4.78, 5) is 0. The van der Waals surface area contributed by atoms with E-state index in [4.69, 9.17) is 4.42 Å². The van der Waals surface area contributed by atoms with E-state index in [1.54, 1.807) is 18.4 Å². The van der Waals surface area contributed by atoms with E-state index in [1.165, 1.54) is 10.6 Å². The molecule has 102 valence electrons. The highest BCUT2D eigenvalue weighted by Gasteiger charge is 2.36. The van der Waals surface area contributed by atoms with Gasteiger partial charge in [-0.25, -0.2) is 8.42 Å². The molecule has 0 bridgehead atoms. The maximum atomic E-state index is 12.4. The second-order valence-electron chi connectivity index (χ2n) is 4.53. The third kappa shape index (κ3) is 2.43. The van der Waals surface area contributed by atoms with E-state index in [-0.39, 0.29) is 11.8 Å². The summed E-state index contributed by atoms with van der Waals surface area (Å²) in [6.07, 6.45) is 4.56. The van der Waals surface area contributed by atoms with Crippen LogP contribution in [0.2, 0.25) is 0 Å². The van der Waals surface area contributed by atoms with Gasteiger partial charge in [-0.1, -0.05) is 5.16 Å². The fraction of sp³-hybridized carbons (Fsp3) is 0.417. The summed E-state index contributed by atoms with van der Waals surface area (Å²) >= 11 is 0. The maximum Gasteiger partial charge on any atom is 0.220 e. The van der Waals surface area contributed by atoms with E-state index in [0.717, 1.165) is 12.8 Å². The van der Waals surface area contributed by atoms with Gasteiger partial charge in [0.05, 0.1) is 18.0 Å². The van der Waals surface area contributed by atoms with E-state index in [2.05, 4.69) is 9.68 Å². The molecule has 2 aromatic heterocycles. The van der Waals surface area contributed by atoms with Crippen molar-refractivity contribution in [1.29, 1.82) is 0 Å². The van der Waals surface area contributed by atoms with Crippen molar-refractivity contribution in [1.82, 2.24) is 9.46 Å². The first-order chi connectivity index (χ1) is 9.17. The lowest BCUT2D eigenvalue weighted by atomic mass is 10.2. The number of hydrogen-bond acceptors (Lipinski definition) is 5. The highest BCUT2D eigenvalue weighted by molar-refractivity contribution is 7.88. The van der Waals surface area contributed by atoms with Gasteiger partial charge in [0.15, 0.2) is 0 Å². The van der Waals surface area contributed by atoms with E-state index in [9.17, 15) is 8.42 Å². The Morgan fingerprint density at radius 3 is 2.95 bits per heavy atom. The summed E-state index contributed by atoms with van der Waals surface area (Å²) in [5.74, 6) is 0.557. The average Bonchev–Trinajstić information content (AvgIpc) is 3.11. The van der Waals surface area contributed by atoms with E-state index in [0.29, 0.717) is 18.0 Å². The van der Waals surface area contributed by atoms with Crippen LogP contribution in [0.1, 0.15) is 30.3 Å². The molecule has 1 atom stereocenters. The van der Waals surface area contributed by atoms with Crippen LogP contribution in [-0.2, 0) is 15.8 Å². The first-order valence-electron chi connectivity index (χ1n) is 6.09. The van der Waals surface area contributed by atoms with Gasteiger partial charge < -0.3 is 8.94 Å². The van der Waals surface area contributed by atoms with Crippen LogP contribution in [0.5, 0.6) is 0 Å².